The highest BCUT2D eigenvalue weighted by molar-refractivity contribution is 9.10. The Balaban J connectivity index is 2.73. The predicted octanol–water partition coefficient (Wildman–Crippen LogP) is 3.08. The van der Waals surface area contributed by atoms with Gasteiger partial charge in [0.25, 0.3) is 0 Å². The summed E-state index contributed by atoms with van der Waals surface area (Å²) in [6.45, 7) is 1.73. The fraction of sp³-hybridized carbons (Fsp3) is 0.300. The molecular formula is C10H11BrClNO2. The molecule has 15 heavy (non-hydrogen) atoms. The van der Waals surface area contributed by atoms with Gasteiger partial charge in [0.1, 0.15) is 6.04 Å². The lowest BCUT2D eigenvalue weighted by molar-refractivity contribution is -0.141. The maximum atomic E-state index is 11.1. The molecule has 0 bridgehead atoms. The number of benzene rings is 1. The highest BCUT2D eigenvalue weighted by Gasteiger charge is 2.12. The zero-order valence-corrected chi connectivity index (χ0v) is 10.7. The first-order valence-electron chi connectivity index (χ1n) is 4.34. The van der Waals surface area contributed by atoms with E-state index in [1.165, 1.54) is 7.11 Å². The first-order valence-corrected chi connectivity index (χ1v) is 5.51. The number of esters is 1. The van der Waals surface area contributed by atoms with E-state index < -0.39 is 0 Å². The van der Waals surface area contributed by atoms with Crippen molar-refractivity contribution in [2.24, 2.45) is 0 Å². The van der Waals surface area contributed by atoms with Crippen LogP contribution in [0.25, 0.3) is 0 Å². The number of rotatable bonds is 3. The average Bonchev–Trinajstić information content (AvgIpc) is 2.22. The first kappa shape index (κ1) is 12.3. The highest BCUT2D eigenvalue weighted by Crippen LogP contribution is 2.25. The number of halogens is 2. The van der Waals surface area contributed by atoms with E-state index in [1.807, 2.05) is 6.07 Å². The normalized spacial score (nSPS) is 12.0. The number of anilines is 1. The highest BCUT2D eigenvalue weighted by atomic mass is 79.9. The van der Waals surface area contributed by atoms with Gasteiger partial charge in [-0.15, -0.1) is 0 Å². The van der Waals surface area contributed by atoms with Gasteiger partial charge in [0.2, 0.25) is 0 Å². The summed E-state index contributed by atoms with van der Waals surface area (Å²) < 4.78 is 5.38. The standard InChI is InChI=1S/C10H11BrClNO2/c1-6(10(14)15-2)13-7-3-4-9(12)8(11)5-7/h3-6,13H,1-2H3. The number of hydrogen-bond donors (Lipinski definition) is 1. The van der Waals surface area contributed by atoms with Crippen molar-refractivity contribution in [2.75, 3.05) is 12.4 Å². The van der Waals surface area contributed by atoms with Crippen molar-refractivity contribution in [1.29, 1.82) is 0 Å². The van der Waals surface area contributed by atoms with Crippen LogP contribution in [0.5, 0.6) is 0 Å². The van der Waals surface area contributed by atoms with Crippen LogP contribution in [-0.4, -0.2) is 19.1 Å². The molecule has 1 aromatic rings. The van der Waals surface area contributed by atoms with Gasteiger partial charge in [-0.2, -0.15) is 0 Å². The van der Waals surface area contributed by atoms with E-state index in [1.54, 1.807) is 19.1 Å². The van der Waals surface area contributed by atoms with E-state index >= 15 is 0 Å². The lowest BCUT2D eigenvalue weighted by Gasteiger charge is -2.13. The molecule has 0 radical (unpaired) electrons. The van der Waals surface area contributed by atoms with Crippen molar-refractivity contribution in [3.8, 4) is 0 Å². The summed E-state index contributed by atoms with van der Waals surface area (Å²) in [4.78, 5) is 11.1. The molecule has 1 N–H and O–H groups in total. The Morgan fingerprint density at radius 3 is 2.80 bits per heavy atom. The summed E-state index contributed by atoms with van der Waals surface area (Å²) in [5.74, 6) is -0.305. The molecule has 0 aliphatic rings. The molecule has 3 nitrogen and oxygen atoms in total. The summed E-state index contributed by atoms with van der Waals surface area (Å²) in [7, 11) is 1.36. The minimum absolute atomic E-state index is 0.305. The Morgan fingerprint density at radius 1 is 1.60 bits per heavy atom. The predicted molar refractivity (Wildman–Crippen MR) is 64.3 cm³/mol. The molecule has 1 aromatic carbocycles. The molecule has 0 fully saturated rings. The summed E-state index contributed by atoms with van der Waals surface area (Å²) in [6, 6.07) is 4.97. The van der Waals surface area contributed by atoms with Crippen LogP contribution < -0.4 is 5.32 Å². The summed E-state index contributed by atoms with van der Waals surface area (Å²) >= 11 is 9.14. The fourth-order valence-electron chi connectivity index (χ4n) is 1.07. The summed E-state index contributed by atoms with van der Waals surface area (Å²) in [6.07, 6.45) is 0. The van der Waals surface area contributed by atoms with Gasteiger partial charge in [-0.25, -0.2) is 4.79 Å². The maximum absolute atomic E-state index is 11.1. The van der Waals surface area contributed by atoms with E-state index in [9.17, 15) is 4.79 Å². The van der Waals surface area contributed by atoms with Gasteiger partial charge in [-0.3, -0.25) is 0 Å². The molecule has 0 spiro atoms. The molecule has 0 heterocycles. The minimum Gasteiger partial charge on any atom is -0.467 e. The molecule has 1 unspecified atom stereocenters. The number of carbonyl (C=O) groups excluding carboxylic acids is 1. The first-order chi connectivity index (χ1) is 7.04. The second-order valence-electron chi connectivity index (χ2n) is 3.02. The number of ether oxygens (including phenoxy) is 1. The molecule has 0 aliphatic heterocycles. The second kappa shape index (κ2) is 5.37. The molecule has 0 saturated carbocycles. The lowest BCUT2D eigenvalue weighted by atomic mass is 10.2. The Hall–Kier alpha value is -0.740. The van der Waals surface area contributed by atoms with Gasteiger partial charge in [-0.05, 0) is 41.1 Å². The molecule has 1 rings (SSSR count). The third-order valence-electron chi connectivity index (χ3n) is 1.86. The van der Waals surface area contributed by atoms with Crippen molar-refractivity contribution in [3.63, 3.8) is 0 Å². The van der Waals surface area contributed by atoms with Crippen LogP contribution in [-0.2, 0) is 9.53 Å². The van der Waals surface area contributed by atoms with Crippen LogP contribution in [0, 0.1) is 0 Å². The Labute approximate surface area is 102 Å². The van der Waals surface area contributed by atoms with E-state index in [0.717, 1.165) is 10.2 Å². The Morgan fingerprint density at radius 2 is 2.27 bits per heavy atom. The molecule has 0 aliphatic carbocycles. The van der Waals surface area contributed by atoms with Crippen LogP contribution in [0.15, 0.2) is 22.7 Å². The smallest absolute Gasteiger partial charge is 0.327 e. The second-order valence-corrected chi connectivity index (χ2v) is 4.28. The largest absolute Gasteiger partial charge is 0.467 e. The van der Waals surface area contributed by atoms with E-state index in [0.29, 0.717) is 5.02 Å². The third kappa shape index (κ3) is 3.39. The van der Waals surface area contributed by atoms with Crippen LogP contribution in [0.4, 0.5) is 5.69 Å². The molecule has 5 heteroatoms. The van der Waals surface area contributed by atoms with E-state index in [-0.39, 0.29) is 12.0 Å². The Bertz CT molecular complexity index is 370. The number of hydrogen-bond acceptors (Lipinski definition) is 3. The van der Waals surface area contributed by atoms with Crippen molar-refractivity contribution in [2.45, 2.75) is 13.0 Å². The van der Waals surface area contributed by atoms with Crippen molar-refractivity contribution < 1.29 is 9.53 Å². The quantitative estimate of drug-likeness (QED) is 0.870. The van der Waals surface area contributed by atoms with Gasteiger partial charge >= 0.3 is 5.97 Å². The SMILES string of the molecule is COC(=O)C(C)Nc1ccc(Cl)c(Br)c1. The van der Waals surface area contributed by atoms with Crippen molar-refractivity contribution in [1.82, 2.24) is 0 Å². The number of carbonyl (C=O) groups is 1. The topological polar surface area (TPSA) is 38.3 Å². The zero-order valence-electron chi connectivity index (χ0n) is 8.38. The van der Waals surface area contributed by atoms with Gasteiger partial charge in [0, 0.05) is 10.2 Å². The molecule has 0 aromatic heterocycles. The van der Waals surface area contributed by atoms with Gasteiger partial charge in [-0.1, -0.05) is 11.6 Å². The summed E-state index contributed by atoms with van der Waals surface area (Å²) in [5, 5.41) is 3.63. The Kier molecular flexibility index (Phi) is 4.42. The molecule has 82 valence electrons. The molecule has 1 atom stereocenters. The van der Waals surface area contributed by atoms with Crippen LogP contribution in [0.1, 0.15) is 6.92 Å². The zero-order chi connectivity index (χ0) is 11.4. The minimum atomic E-state index is -0.386. The van der Waals surface area contributed by atoms with Crippen LogP contribution >= 0.6 is 27.5 Å². The molecule has 0 amide bonds. The fourth-order valence-corrected chi connectivity index (χ4v) is 1.57. The number of nitrogens with one attached hydrogen (secondary N) is 1. The molecule has 0 saturated heterocycles. The van der Waals surface area contributed by atoms with Gasteiger partial charge in [0.05, 0.1) is 12.1 Å². The van der Waals surface area contributed by atoms with E-state index in [4.69, 9.17) is 11.6 Å². The number of methoxy groups -OCH3 is 1. The molecular weight excluding hydrogens is 281 g/mol. The van der Waals surface area contributed by atoms with Gasteiger partial charge < -0.3 is 10.1 Å². The maximum Gasteiger partial charge on any atom is 0.327 e. The third-order valence-corrected chi connectivity index (χ3v) is 3.07. The van der Waals surface area contributed by atoms with Crippen molar-refractivity contribution >= 4 is 39.2 Å². The summed E-state index contributed by atoms with van der Waals surface area (Å²) in [5.41, 5.74) is 0.809. The van der Waals surface area contributed by atoms with Crippen LogP contribution in [0.3, 0.4) is 0 Å². The van der Waals surface area contributed by atoms with E-state index in [2.05, 4.69) is 26.0 Å². The van der Waals surface area contributed by atoms with Gasteiger partial charge in [0.15, 0.2) is 0 Å². The lowest BCUT2D eigenvalue weighted by Crippen LogP contribution is -2.27. The van der Waals surface area contributed by atoms with Crippen LogP contribution in [0.2, 0.25) is 5.02 Å². The monoisotopic (exact) mass is 291 g/mol. The average molecular weight is 293 g/mol. The van der Waals surface area contributed by atoms with Crippen molar-refractivity contribution in [3.05, 3.63) is 27.7 Å².